The van der Waals surface area contributed by atoms with E-state index in [1.54, 1.807) is 0 Å². The second-order valence-corrected chi connectivity index (χ2v) is 5.43. The maximum atomic E-state index is 12.9. The van der Waals surface area contributed by atoms with Gasteiger partial charge in [0.1, 0.15) is 5.82 Å². The van der Waals surface area contributed by atoms with Gasteiger partial charge < -0.3 is 10.1 Å². The number of halogens is 1. The van der Waals surface area contributed by atoms with Gasteiger partial charge in [0.05, 0.1) is 12.7 Å². The largest absolute Gasteiger partial charge is 0.371 e. The highest BCUT2D eigenvalue weighted by Gasteiger charge is 2.14. The van der Waals surface area contributed by atoms with Crippen LogP contribution in [0, 0.1) is 5.82 Å². The van der Waals surface area contributed by atoms with Crippen LogP contribution in [0.5, 0.6) is 0 Å². The van der Waals surface area contributed by atoms with Gasteiger partial charge in [0.25, 0.3) is 0 Å². The standard InChI is InChI=1S/C18H20FNO/c19-17-9-5-15(6-10-17)2-1-14-3-7-16(8-4-14)18-13-20-11-12-21-18/h3-10,18,20H,1-2,11-13H2/t18-/m1/s1. The molecule has 0 bridgehead atoms. The molecule has 3 rings (SSSR count). The van der Waals surface area contributed by atoms with E-state index < -0.39 is 0 Å². The van der Waals surface area contributed by atoms with Crippen LogP contribution in [0.15, 0.2) is 48.5 Å². The van der Waals surface area contributed by atoms with E-state index in [9.17, 15) is 4.39 Å². The molecule has 0 saturated carbocycles. The second-order valence-electron chi connectivity index (χ2n) is 5.43. The summed E-state index contributed by atoms with van der Waals surface area (Å²) in [6, 6.07) is 15.4. The summed E-state index contributed by atoms with van der Waals surface area (Å²) in [6.45, 7) is 2.60. The minimum Gasteiger partial charge on any atom is -0.371 e. The molecule has 1 aliphatic rings. The molecule has 21 heavy (non-hydrogen) atoms. The van der Waals surface area contributed by atoms with Gasteiger partial charge in [-0.25, -0.2) is 4.39 Å². The predicted octanol–water partition coefficient (Wildman–Crippen LogP) is 3.27. The first-order valence-corrected chi connectivity index (χ1v) is 7.47. The van der Waals surface area contributed by atoms with Crippen LogP contribution in [0.1, 0.15) is 22.8 Å². The zero-order valence-corrected chi connectivity index (χ0v) is 12.0. The van der Waals surface area contributed by atoms with Gasteiger partial charge in [-0.05, 0) is 41.7 Å². The lowest BCUT2D eigenvalue weighted by molar-refractivity contribution is 0.0277. The lowest BCUT2D eigenvalue weighted by atomic mass is 10.0. The van der Waals surface area contributed by atoms with Gasteiger partial charge in [0.15, 0.2) is 0 Å². The molecule has 0 amide bonds. The van der Waals surface area contributed by atoms with E-state index in [1.165, 1.54) is 28.8 Å². The van der Waals surface area contributed by atoms with Crippen molar-refractivity contribution in [2.75, 3.05) is 19.7 Å². The Balaban J connectivity index is 1.57. The van der Waals surface area contributed by atoms with Gasteiger partial charge in [0, 0.05) is 13.1 Å². The Morgan fingerprint density at radius 3 is 2.14 bits per heavy atom. The Hall–Kier alpha value is -1.71. The normalized spacial score (nSPS) is 18.6. The number of benzene rings is 2. The average Bonchev–Trinajstić information content (AvgIpc) is 2.56. The SMILES string of the molecule is Fc1ccc(CCc2ccc([C@H]3CNCCO3)cc2)cc1. The Bertz CT molecular complexity index is 559. The number of ether oxygens (including phenoxy) is 1. The molecular formula is C18H20FNO. The van der Waals surface area contributed by atoms with Crippen molar-refractivity contribution in [2.45, 2.75) is 18.9 Å². The average molecular weight is 285 g/mol. The molecule has 3 heteroatoms. The fourth-order valence-corrected chi connectivity index (χ4v) is 2.62. The van der Waals surface area contributed by atoms with Crippen LogP contribution in [0.3, 0.4) is 0 Å². The summed E-state index contributed by atoms with van der Waals surface area (Å²) in [5.41, 5.74) is 3.69. The first-order chi connectivity index (χ1) is 10.3. The highest BCUT2D eigenvalue weighted by molar-refractivity contribution is 5.26. The zero-order valence-electron chi connectivity index (χ0n) is 12.0. The zero-order chi connectivity index (χ0) is 14.5. The minimum absolute atomic E-state index is 0.171. The summed E-state index contributed by atoms with van der Waals surface area (Å²) in [6.07, 6.45) is 2.07. The van der Waals surface area contributed by atoms with Crippen LogP contribution in [-0.2, 0) is 17.6 Å². The quantitative estimate of drug-likeness (QED) is 0.931. The molecule has 1 N–H and O–H groups in total. The molecule has 0 spiro atoms. The molecule has 0 aromatic heterocycles. The lowest BCUT2D eigenvalue weighted by Gasteiger charge is -2.24. The van der Waals surface area contributed by atoms with Crippen LogP contribution in [0.4, 0.5) is 4.39 Å². The minimum atomic E-state index is -0.177. The fraction of sp³-hybridized carbons (Fsp3) is 0.333. The van der Waals surface area contributed by atoms with Crippen molar-refractivity contribution in [2.24, 2.45) is 0 Å². The number of hydrogen-bond donors (Lipinski definition) is 1. The van der Waals surface area contributed by atoms with E-state index in [4.69, 9.17) is 4.74 Å². The van der Waals surface area contributed by atoms with E-state index in [0.29, 0.717) is 0 Å². The van der Waals surface area contributed by atoms with Crippen LogP contribution in [0.25, 0.3) is 0 Å². The molecule has 2 aromatic carbocycles. The first kappa shape index (κ1) is 14.2. The van der Waals surface area contributed by atoms with Crippen molar-refractivity contribution in [3.63, 3.8) is 0 Å². The van der Waals surface area contributed by atoms with Gasteiger partial charge >= 0.3 is 0 Å². The number of aryl methyl sites for hydroxylation is 2. The van der Waals surface area contributed by atoms with Crippen molar-refractivity contribution in [3.8, 4) is 0 Å². The topological polar surface area (TPSA) is 21.3 Å². The summed E-state index contributed by atoms with van der Waals surface area (Å²) < 4.78 is 18.6. The molecule has 1 fully saturated rings. The smallest absolute Gasteiger partial charge is 0.123 e. The summed E-state index contributed by atoms with van der Waals surface area (Å²) in [5.74, 6) is -0.177. The molecule has 2 aromatic rings. The van der Waals surface area contributed by atoms with Gasteiger partial charge in [-0.1, -0.05) is 36.4 Å². The van der Waals surface area contributed by atoms with Crippen molar-refractivity contribution < 1.29 is 9.13 Å². The summed E-state index contributed by atoms with van der Waals surface area (Å²) in [7, 11) is 0. The molecule has 110 valence electrons. The first-order valence-electron chi connectivity index (χ1n) is 7.47. The Morgan fingerprint density at radius 1 is 0.952 bits per heavy atom. The number of nitrogens with one attached hydrogen (secondary N) is 1. The number of morpholine rings is 1. The third-order valence-electron chi connectivity index (χ3n) is 3.89. The van der Waals surface area contributed by atoms with Crippen LogP contribution < -0.4 is 5.32 Å². The Labute approximate surface area is 125 Å². The molecule has 0 unspecified atom stereocenters. The van der Waals surface area contributed by atoms with Crippen LogP contribution >= 0.6 is 0 Å². The summed E-state index contributed by atoms with van der Waals surface area (Å²) in [4.78, 5) is 0. The van der Waals surface area contributed by atoms with Crippen molar-refractivity contribution >= 4 is 0 Å². The maximum Gasteiger partial charge on any atom is 0.123 e. The Kier molecular flexibility index (Phi) is 4.63. The molecule has 2 nitrogen and oxygen atoms in total. The van der Waals surface area contributed by atoms with Crippen LogP contribution in [-0.4, -0.2) is 19.7 Å². The predicted molar refractivity (Wildman–Crippen MR) is 81.8 cm³/mol. The number of rotatable bonds is 4. The second kappa shape index (κ2) is 6.83. The van der Waals surface area contributed by atoms with Gasteiger partial charge in [-0.15, -0.1) is 0 Å². The van der Waals surface area contributed by atoms with E-state index >= 15 is 0 Å². The fourth-order valence-electron chi connectivity index (χ4n) is 2.62. The van der Waals surface area contributed by atoms with Crippen LogP contribution in [0.2, 0.25) is 0 Å². The molecule has 0 aliphatic carbocycles. The van der Waals surface area contributed by atoms with Gasteiger partial charge in [0.2, 0.25) is 0 Å². The molecule has 1 aliphatic heterocycles. The lowest BCUT2D eigenvalue weighted by Crippen LogP contribution is -2.33. The highest BCUT2D eigenvalue weighted by atomic mass is 19.1. The molecule has 1 atom stereocenters. The third kappa shape index (κ3) is 3.90. The highest BCUT2D eigenvalue weighted by Crippen LogP contribution is 2.19. The molecule has 0 radical (unpaired) electrons. The van der Waals surface area contributed by atoms with Gasteiger partial charge in [-0.2, -0.15) is 0 Å². The molecule has 1 saturated heterocycles. The van der Waals surface area contributed by atoms with E-state index in [1.807, 2.05) is 12.1 Å². The van der Waals surface area contributed by atoms with Gasteiger partial charge in [-0.3, -0.25) is 0 Å². The molecule has 1 heterocycles. The van der Waals surface area contributed by atoms with E-state index in [-0.39, 0.29) is 11.9 Å². The monoisotopic (exact) mass is 285 g/mol. The van der Waals surface area contributed by atoms with E-state index in [2.05, 4.69) is 29.6 Å². The summed E-state index contributed by atoms with van der Waals surface area (Å²) >= 11 is 0. The molecular weight excluding hydrogens is 265 g/mol. The Morgan fingerprint density at radius 2 is 1.57 bits per heavy atom. The van der Waals surface area contributed by atoms with E-state index in [0.717, 1.165) is 32.5 Å². The third-order valence-corrected chi connectivity index (χ3v) is 3.89. The summed E-state index contributed by atoms with van der Waals surface area (Å²) in [5, 5.41) is 3.34. The maximum absolute atomic E-state index is 12.9. The van der Waals surface area contributed by atoms with Crippen molar-refractivity contribution in [1.29, 1.82) is 0 Å². The van der Waals surface area contributed by atoms with Crippen molar-refractivity contribution in [3.05, 3.63) is 71.0 Å². The number of hydrogen-bond acceptors (Lipinski definition) is 2. The van der Waals surface area contributed by atoms with Crippen molar-refractivity contribution in [1.82, 2.24) is 5.32 Å².